The van der Waals surface area contributed by atoms with Crippen LogP contribution in [0.15, 0.2) is 18.2 Å². The predicted molar refractivity (Wildman–Crippen MR) is 86.6 cm³/mol. The molecule has 0 amide bonds. The van der Waals surface area contributed by atoms with Crippen LogP contribution in [0.3, 0.4) is 0 Å². The molecular formula is C17H25NO5. The molecule has 23 heavy (non-hydrogen) atoms. The lowest BCUT2D eigenvalue weighted by Crippen LogP contribution is -2.33. The zero-order valence-corrected chi connectivity index (χ0v) is 14.0. The Labute approximate surface area is 136 Å². The molecule has 6 heteroatoms. The molecule has 1 atom stereocenters. The van der Waals surface area contributed by atoms with Gasteiger partial charge in [-0.05, 0) is 44.9 Å². The van der Waals surface area contributed by atoms with Gasteiger partial charge in [-0.15, -0.1) is 0 Å². The van der Waals surface area contributed by atoms with E-state index < -0.39 is 11.6 Å². The second-order valence-electron chi connectivity index (χ2n) is 6.39. The number of phenols is 1. The van der Waals surface area contributed by atoms with Crippen LogP contribution in [-0.4, -0.2) is 34.3 Å². The van der Waals surface area contributed by atoms with Crippen molar-refractivity contribution in [2.75, 3.05) is 6.54 Å². The second kappa shape index (κ2) is 7.97. The van der Waals surface area contributed by atoms with Gasteiger partial charge < -0.3 is 20.3 Å². The third-order valence-electron chi connectivity index (χ3n) is 3.14. The summed E-state index contributed by atoms with van der Waals surface area (Å²) in [5.41, 5.74) is 0.0505. The molecule has 1 unspecified atom stereocenters. The molecule has 0 saturated carbocycles. The van der Waals surface area contributed by atoms with E-state index in [0.29, 0.717) is 0 Å². The maximum atomic E-state index is 11.8. The van der Waals surface area contributed by atoms with E-state index in [-0.39, 0.29) is 29.9 Å². The highest BCUT2D eigenvalue weighted by Gasteiger charge is 2.19. The Morgan fingerprint density at radius 1 is 1.30 bits per heavy atom. The first-order chi connectivity index (χ1) is 10.6. The molecule has 1 aromatic carbocycles. The number of esters is 1. The largest absolute Gasteiger partial charge is 0.507 e. The molecule has 0 aliphatic heterocycles. The lowest BCUT2D eigenvalue weighted by Gasteiger charge is -2.22. The third kappa shape index (κ3) is 6.28. The van der Waals surface area contributed by atoms with E-state index in [1.165, 1.54) is 12.1 Å². The maximum Gasteiger partial charge on any atom is 0.339 e. The molecule has 0 spiro atoms. The van der Waals surface area contributed by atoms with Crippen LogP contribution in [0.1, 0.15) is 62.5 Å². The molecule has 0 aromatic heterocycles. The zero-order valence-electron chi connectivity index (χ0n) is 14.0. The molecule has 0 aliphatic carbocycles. The van der Waals surface area contributed by atoms with Crippen LogP contribution in [-0.2, 0) is 9.53 Å². The van der Waals surface area contributed by atoms with Gasteiger partial charge in [0.05, 0.1) is 6.54 Å². The van der Waals surface area contributed by atoms with Crippen LogP contribution in [0.25, 0.3) is 0 Å². The molecule has 1 rings (SSSR count). The highest BCUT2D eigenvalue weighted by molar-refractivity contribution is 5.90. The summed E-state index contributed by atoms with van der Waals surface area (Å²) in [5, 5.41) is 21.9. The van der Waals surface area contributed by atoms with E-state index in [9.17, 15) is 14.7 Å². The van der Waals surface area contributed by atoms with Crippen molar-refractivity contribution in [2.24, 2.45) is 0 Å². The SMILES string of the molecule is CCCC(NCC(=O)OC(C)(C)C)c1ccc(C(=O)O)c(O)c1. The predicted octanol–water partition coefficient (Wildman–Crippen LogP) is 2.86. The van der Waals surface area contributed by atoms with Gasteiger partial charge in [-0.25, -0.2) is 4.79 Å². The molecule has 0 heterocycles. The number of carbonyl (C=O) groups is 2. The van der Waals surface area contributed by atoms with Crippen LogP contribution < -0.4 is 5.32 Å². The lowest BCUT2D eigenvalue weighted by molar-refractivity contribution is -0.153. The smallest absolute Gasteiger partial charge is 0.339 e. The average Bonchev–Trinajstić information content (AvgIpc) is 2.41. The minimum Gasteiger partial charge on any atom is -0.507 e. The minimum atomic E-state index is -1.18. The normalized spacial score (nSPS) is 12.7. The van der Waals surface area contributed by atoms with Gasteiger partial charge >= 0.3 is 11.9 Å². The number of nitrogens with one attached hydrogen (secondary N) is 1. The fourth-order valence-electron chi connectivity index (χ4n) is 2.21. The van der Waals surface area contributed by atoms with E-state index >= 15 is 0 Å². The molecule has 0 radical (unpaired) electrons. The van der Waals surface area contributed by atoms with E-state index in [1.807, 2.05) is 6.92 Å². The van der Waals surface area contributed by atoms with E-state index in [4.69, 9.17) is 9.84 Å². The highest BCUT2D eigenvalue weighted by atomic mass is 16.6. The van der Waals surface area contributed by atoms with Gasteiger partial charge in [0.1, 0.15) is 16.9 Å². The summed E-state index contributed by atoms with van der Waals surface area (Å²) in [6.45, 7) is 7.46. The van der Waals surface area contributed by atoms with Crippen molar-refractivity contribution >= 4 is 11.9 Å². The second-order valence-corrected chi connectivity index (χ2v) is 6.39. The highest BCUT2D eigenvalue weighted by Crippen LogP contribution is 2.25. The van der Waals surface area contributed by atoms with Gasteiger partial charge in [0, 0.05) is 6.04 Å². The number of carboxylic acid groups (broad SMARTS) is 1. The average molecular weight is 323 g/mol. The van der Waals surface area contributed by atoms with Crippen molar-refractivity contribution in [3.8, 4) is 5.75 Å². The van der Waals surface area contributed by atoms with Gasteiger partial charge in [-0.1, -0.05) is 19.4 Å². The van der Waals surface area contributed by atoms with E-state index in [1.54, 1.807) is 26.8 Å². The summed E-state index contributed by atoms with van der Waals surface area (Å²) < 4.78 is 5.25. The summed E-state index contributed by atoms with van der Waals surface area (Å²) >= 11 is 0. The molecule has 0 fully saturated rings. The van der Waals surface area contributed by atoms with Gasteiger partial charge in [0.15, 0.2) is 0 Å². The Hall–Kier alpha value is -2.08. The summed E-state index contributed by atoms with van der Waals surface area (Å²) in [5.74, 6) is -1.82. The van der Waals surface area contributed by atoms with E-state index in [2.05, 4.69) is 5.32 Å². The van der Waals surface area contributed by atoms with Crippen molar-refractivity contribution in [3.63, 3.8) is 0 Å². The molecule has 1 aromatic rings. The Kier molecular flexibility index (Phi) is 6.57. The molecule has 0 saturated heterocycles. The number of ether oxygens (including phenoxy) is 1. The van der Waals surface area contributed by atoms with Gasteiger partial charge in [0.25, 0.3) is 0 Å². The van der Waals surface area contributed by atoms with Crippen molar-refractivity contribution in [1.29, 1.82) is 0 Å². The van der Waals surface area contributed by atoms with Crippen molar-refractivity contribution in [3.05, 3.63) is 29.3 Å². The fraction of sp³-hybridized carbons (Fsp3) is 0.529. The van der Waals surface area contributed by atoms with Crippen LogP contribution >= 0.6 is 0 Å². The Morgan fingerprint density at radius 3 is 2.43 bits per heavy atom. The Balaban J connectivity index is 2.80. The molecule has 0 bridgehead atoms. The lowest BCUT2D eigenvalue weighted by atomic mass is 10.00. The molecule has 3 N–H and O–H groups in total. The third-order valence-corrected chi connectivity index (χ3v) is 3.14. The number of hydrogen-bond acceptors (Lipinski definition) is 5. The Morgan fingerprint density at radius 2 is 1.96 bits per heavy atom. The van der Waals surface area contributed by atoms with Crippen molar-refractivity contribution in [1.82, 2.24) is 5.32 Å². The van der Waals surface area contributed by atoms with Gasteiger partial charge in [-0.2, -0.15) is 0 Å². The van der Waals surface area contributed by atoms with Crippen LogP contribution in [0, 0.1) is 0 Å². The molecule has 128 valence electrons. The number of hydrogen-bond donors (Lipinski definition) is 3. The molecule has 6 nitrogen and oxygen atoms in total. The summed E-state index contributed by atoms with van der Waals surface area (Å²) in [6, 6.07) is 4.27. The monoisotopic (exact) mass is 323 g/mol. The fourth-order valence-corrected chi connectivity index (χ4v) is 2.21. The number of carbonyl (C=O) groups excluding carboxylic acids is 1. The van der Waals surface area contributed by atoms with Crippen LogP contribution in [0.5, 0.6) is 5.75 Å². The number of benzene rings is 1. The van der Waals surface area contributed by atoms with Crippen LogP contribution in [0.2, 0.25) is 0 Å². The van der Waals surface area contributed by atoms with Gasteiger partial charge in [-0.3, -0.25) is 4.79 Å². The quantitative estimate of drug-likeness (QED) is 0.668. The number of aromatic hydroxyl groups is 1. The zero-order chi connectivity index (χ0) is 17.6. The van der Waals surface area contributed by atoms with Crippen molar-refractivity contribution in [2.45, 2.75) is 52.2 Å². The summed E-state index contributed by atoms with van der Waals surface area (Å²) in [4.78, 5) is 22.7. The maximum absolute atomic E-state index is 11.8. The standard InChI is InChI=1S/C17H25NO5/c1-5-6-13(18-10-15(20)23-17(2,3)4)11-7-8-12(16(21)22)14(19)9-11/h7-9,13,18-19H,5-6,10H2,1-4H3,(H,21,22). The number of rotatable bonds is 7. The van der Waals surface area contributed by atoms with Crippen molar-refractivity contribution < 1.29 is 24.5 Å². The summed E-state index contributed by atoms with van der Waals surface area (Å²) in [6.07, 6.45) is 1.61. The van der Waals surface area contributed by atoms with Gasteiger partial charge in [0.2, 0.25) is 0 Å². The molecule has 0 aliphatic rings. The summed E-state index contributed by atoms with van der Waals surface area (Å²) in [7, 11) is 0. The van der Waals surface area contributed by atoms with E-state index in [0.717, 1.165) is 18.4 Å². The first-order valence-corrected chi connectivity index (χ1v) is 7.65. The first-order valence-electron chi connectivity index (χ1n) is 7.65. The number of aromatic carboxylic acids is 1. The first kappa shape index (κ1) is 19.0. The Bertz CT molecular complexity index is 563. The van der Waals surface area contributed by atoms with Crippen LogP contribution in [0.4, 0.5) is 0 Å². The minimum absolute atomic E-state index is 0.0450. The number of carboxylic acids is 1. The topological polar surface area (TPSA) is 95.9 Å². The molecular weight excluding hydrogens is 298 g/mol.